The lowest BCUT2D eigenvalue weighted by atomic mass is 10.1. The molecule has 11 heteroatoms. The van der Waals surface area contributed by atoms with Crippen LogP contribution in [0, 0.1) is 0 Å². The molecule has 0 spiro atoms. The number of sulfone groups is 1. The summed E-state index contributed by atoms with van der Waals surface area (Å²) in [5.41, 5.74) is 1.56. The van der Waals surface area contributed by atoms with Crippen molar-refractivity contribution in [1.29, 1.82) is 0 Å². The second-order valence-corrected chi connectivity index (χ2v) is 9.79. The Hall–Kier alpha value is -3.34. The molecule has 0 unspecified atom stereocenters. The molecule has 8 nitrogen and oxygen atoms in total. The Morgan fingerprint density at radius 2 is 1.58 bits per heavy atom. The highest BCUT2D eigenvalue weighted by Gasteiger charge is 2.29. The van der Waals surface area contributed by atoms with Crippen LogP contribution < -0.4 is 10.2 Å². The first-order valence-electron chi connectivity index (χ1n) is 10.2. The molecule has 1 aliphatic rings. The largest absolute Gasteiger partial charge is 0.344 e. The maximum Gasteiger partial charge on any atom is 0.324 e. The van der Waals surface area contributed by atoms with Crippen LogP contribution >= 0.6 is 0 Å². The number of amides is 3. The summed E-state index contributed by atoms with van der Waals surface area (Å²) in [5, 5.41) is 1.87. The number of carbonyl (C=O) groups excluding carboxylic acids is 3. The molecule has 1 saturated heterocycles. The number of hydrogen-bond acceptors (Lipinski definition) is 5. The van der Waals surface area contributed by atoms with Crippen molar-refractivity contribution in [2.75, 3.05) is 36.0 Å². The summed E-state index contributed by atoms with van der Waals surface area (Å²) in [4.78, 5) is 39.3. The van der Waals surface area contributed by atoms with Crippen molar-refractivity contribution in [3.8, 4) is 0 Å². The maximum atomic E-state index is 13.2. The third-order valence-electron chi connectivity index (χ3n) is 5.15. The van der Waals surface area contributed by atoms with Crippen LogP contribution in [0.4, 0.5) is 19.3 Å². The van der Waals surface area contributed by atoms with Gasteiger partial charge >= 0.3 is 12.5 Å². The molecule has 0 atom stereocenters. The number of nitrogens with one attached hydrogen (secondary N) is 1. The van der Waals surface area contributed by atoms with E-state index < -0.39 is 34.5 Å². The average molecular weight is 480 g/mol. The van der Waals surface area contributed by atoms with Crippen LogP contribution in [0.15, 0.2) is 54.6 Å². The molecule has 3 amide bonds. The van der Waals surface area contributed by atoms with Gasteiger partial charge in [-0.3, -0.25) is 14.5 Å². The Kier molecular flexibility index (Phi) is 7.75. The minimum atomic E-state index is -3.19. The SMILES string of the molecule is O=C(CNC(=O)C(F)F)c1ccc(CN(C(=O)N2CCS(=O)(=O)CC2)c2ccccc2)cc1. The summed E-state index contributed by atoms with van der Waals surface area (Å²) in [6, 6.07) is 14.8. The number of rotatable bonds is 7. The fraction of sp³-hybridized carbons (Fsp3) is 0.318. The monoisotopic (exact) mass is 479 g/mol. The van der Waals surface area contributed by atoms with Gasteiger partial charge in [0.2, 0.25) is 0 Å². The number of carbonyl (C=O) groups is 3. The maximum absolute atomic E-state index is 13.2. The van der Waals surface area contributed by atoms with Gasteiger partial charge in [0, 0.05) is 24.3 Å². The van der Waals surface area contributed by atoms with Crippen LogP contribution in [0.2, 0.25) is 0 Å². The van der Waals surface area contributed by atoms with E-state index in [0.717, 1.165) is 0 Å². The molecular weight excluding hydrogens is 456 g/mol. The van der Waals surface area contributed by atoms with E-state index in [1.165, 1.54) is 21.9 Å². The molecule has 176 valence electrons. The van der Waals surface area contributed by atoms with E-state index in [1.54, 1.807) is 36.4 Å². The lowest BCUT2D eigenvalue weighted by molar-refractivity contribution is -0.131. The van der Waals surface area contributed by atoms with Gasteiger partial charge in [-0.05, 0) is 17.7 Å². The second-order valence-electron chi connectivity index (χ2n) is 7.48. The van der Waals surface area contributed by atoms with Crippen molar-refractivity contribution < 1.29 is 31.6 Å². The van der Waals surface area contributed by atoms with E-state index in [0.29, 0.717) is 11.3 Å². The molecule has 2 aromatic carbocycles. The Balaban J connectivity index is 1.72. The van der Waals surface area contributed by atoms with Gasteiger partial charge in [-0.25, -0.2) is 13.2 Å². The predicted octanol–water partition coefficient (Wildman–Crippen LogP) is 2.11. The summed E-state index contributed by atoms with van der Waals surface area (Å²) >= 11 is 0. The number of Topliss-reactive ketones (excluding diaryl/α,β-unsaturated/α-hetero) is 1. The molecule has 0 saturated carbocycles. The number of ketones is 1. The van der Waals surface area contributed by atoms with E-state index in [9.17, 15) is 31.6 Å². The molecule has 1 N–H and O–H groups in total. The zero-order valence-corrected chi connectivity index (χ0v) is 18.4. The van der Waals surface area contributed by atoms with Crippen LogP contribution in [0.3, 0.4) is 0 Å². The van der Waals surface area contributed by atoms with Crippen molar-refractivity contribution in [3.05, 3.63) is 65.7 Å². The van der Waals surface area contributed by atoms with Crippen LogP contribution in [-0.2, 0) is 21.2 Å². The van der Waals surface area contributed by atoms with E-state index in [1.807, 2.05) is 11.4 Å². The number of urea groups is 1. The zero-order valence-electron chi connectivity index (χ0n) is 17.6. The lowest BCUT2D eigenvalue weighted by Gasteiger charge is -2.33. The Bertz CT molecular complexity index is 1090. The number of alkyl halides is 2. The molecule has 0 aliphatic carbocycles. The molecule has 2 aromatic rings. The van der Waals surface area contributed by atoms with Gasteiger partial charge in [0.15, 0.2) is 15.6 Å². The van der Waals surface area contributed by atoms with Crippen LogP contribution in [0.1, 0.15) is 15.9 Å². The normalized spacial score (nSPS) is 15.2. The Morgan fingerprint density at radius 1 is 0.970 bits per heavy atom. The summed E-state index contributed by atoms with van der Waals surface area (Å²) in [7, 11) is -3.14. The molecule has 0 radical (unpaired) electrons. The van der Waals surface area contributed by atoms with Crippen molar-refractivity contribution in [1.82, 2.24) is 10.2 Å². The first-order chi connectivity index (χ1) is 15.7. The second kappa shape index (κ2) is 10.5. The van der Waals surface area contributed by atoms with Gasteiger partial charge in [0.05, 0.1) is 24.6 Å². The summed E-state index contributed by atoms with van der Waals surface area (Å²) < 4.78 is 47.9. The third-order valence-corrected chi connectivity index (χ3v) is 6.76. The number of benzene rings is 2. The minimum absolute atomic E-state index is 0.0831. The highest BCUT2D eigenvalue weighted by atomic mass is 32.2. The standard InChI is InChI=1S/C22H23F2N3O5S/c23-20(24)21(29)25-14-19(28)17-8-6-16(7-9-17)15-27(18-4-2-1-3-5-18)22(30)26-10-12-33(31,32)13-11-26/h1-9,20H,10-15H2,(H,25,29). The van der Waals surface area contributed by atoms with Crippen molar-refractivity contribution in [2.24, 2.45) is 0 Å². The molecule has 33 heavy (non-hydrogen) atoms. The average Bonchev–Trinajstić information content (AvgIpc) is 2.81. The number of nitrogens with zero attached hydrogens (tertiary/aromatic N) is 2. The van der Waals surface area contributed by atoms with Gasteiger partial charge < -0.3 is 10.2 Å². The molecule has 1 heterocycles. The first-order valence-corrected chi connectivity index (χ1v) is 12.0. The van der Waals surface area contributed by atoms with Crippen LogP contribution in [-0.4, -0.2) is 68.6 Å². The Labute approximate surface area is 190 Å². The fourth-order valence-corrected chi connectivity index (χ4v) is 4.48. The van der Waals surface area contributed by atoms with Gasteiger partial charge in [0.1, 0.15) is 0 Å². The van der Waals surface area contributed by atoms with Gasteiger partial charge in [0.25, 0.3) is 5.91 Å². The van der Waals surface area contributed by atoms with E-state index in [-0.39, 0.29) is 42.7 Å². The zero-order chi connectivity index (χ0) is 24.0. The topological polar surface area (TPSA) is 104 Å². The summed E-state index contributed by atoms with van der Waals surface area (Å²) in [5.74, 6) is -2.20. The molecule has 0 aromatic heterocycles. The number of anilines is 1. The van der Waals surface area contributed by atoms with Crippen molar-refractivity contribution in [2.45, 2.75) is 13.0 Å². The molecule has 0 bridgehead atoms. The number of halogens is 2. The Morgan fingerprint density at radius 3 is 2.15 bits per heavy atom. The van der Waals surface area contributed by atoms with Crippen LogP contribution in [0.5, 0.6) is 0 Å². The number of hydrogen-bond donors (Lipinski definition) is 1. The van der Waals surface area contributed by atoms with Gasteiger partial charge in [-0.15, -0.1) is 0 Å². The lowest BCUT2D eigenvalue weighted by Crippen LogP contribution is -2.49. The van der Waals surface area contributed by atoms with Crippen molar-refractivity contribution >= 4 is 33.2 Å². The van der Waals surface area contributed by atoms with Gasteiger partial charge in [-0.1, -0.05) is 42.5 Å². The van der Waals surface area contributed by atoms with E-state index >= 15 is 0 Å². The first kappa shape index (κ1) is 24.3. The summed E-state index contributed by atoms with van der Waals surface area (Å²) in [6.45, 7) is -0.151. The quantitative estimate of drug-likeness (QED) is 0.613. The minimum Gasteiger partial charge on any atom is -0.344 e. The predicted molar refractivity (Wildman–Crippen MR) is 118 cm³/mol. The van der Waals surface area contributed by atoms with Gasteiger partial charge in [-0.2, -0.15) is 8.78 Å². The van der Waals surface area contributed by atoms with E-state index in [4.69, 9.17) is 0 Å². The highest BCUT2D eigenvalue weighted by molar-refractivity contribution is 7.91. The van der Waals surface area contributed by atoms with Crippen LogP contribution in [0.25, 0.3) is 0 Å². The van der Waals surface area contributed by atoms with E-state index in [2.05, 4.69) is 0 Å². The smallest absolute Gasteiger partial charge is 0.324 e. The third kappa shape index (κ3) is 6.58. The van der Waals surface area contributed by atoms with Crippen molar-refractivity contribution in [3.63, 3.8) is 0 Å². The molecule has 1 aliphatic heterocycles. The molecular formula is C22H23F2N3O5S. The highest BCUT2D eigenvalue weighted by Crippen LogP contribution is 2.20. The molecule has 3 rings (SSSR count). The number of para-hydroxylation sites is 1. The molecule has 1 fully saturated rings. The summed E-state index contributed by atoms with van der Waals surface area (Å²) in [6.07, 6.45) is -3.19. The fourth-order valence-electron chi connectivity index (χ4n) is 3.28.